The molecule has 1 N–H and O–H groups in total. The number of carboxylic acid groups (broad SMARTS) is 1. The minimum absolute atomic E-state index is 0.0335. The highest BCUT2D eigenvalue weighted by molar-refractivity contribution is 5.79. The Hall–Kier alpha value is -0.900. The lowest BCUT2D eigenvalue weighted by molar-refractivity contribution is -0.138. The Labute approximate surface area is 70.5 Å². The lowest BCUT2D eigenvalue weighted by Crippen LogP contribution is -2.14. The van der Waals surface area contributed by atoms with Crippen LogP contribution < -0.4 is 0 Å². The average molecular weight is 172 g/mol. The van der Waals surface area contributed by atoms with Crippen LogP contribution in [-0.4, -0.2) is 30.1 Å². The zero-order valence-electron chi connectivity index (χ0n) is 6.78. The van der Waals surface area contributed by atoms with Gasteiger partial charge in [0, 0.05) is 12.8 Å². The molecule has 1 unspecified atom stereocenters. The third-order valence-corrected chi connectivity index (χ3v) is 1.86. The largest absolute Gasteiger partial charge is 0.481 e. The van der Waals surface area contributed by atoms with Crippen LogP contribution in [0, 0.1) is 5.92 Å². The molecular formula is C8H12O4. The van der Waals surface area contributed by atoms with Crippen LogP contribution >= 0.6 is 0 Å². The molecule has 1 heterocycles. The Morgan fingerprint density at radius 3 is 3.08 bits per heavy atom. The van der Waals surface area contributed by atoms with E-state index in [1.54, 1.807) is 0 Å². The molecule has 1 aliphatic rings. The van der Waals surface area contributed by atoms with Crippen molar-refractivity contribution in [2.75, 3.05) is 13.2 Å². The van der Waals surface area contributed by atoms with Gasteiger partial charge in [0.15, 0.2) is 0 Å². The molecule has 68 valence electrons. The molecule has 0 saturated carbocycles. The molecule has 0 aliphatic carbocycles. The molecule has 0 amide bonds. The zero-order valence-corrected chi connectivity index (χ0v) is 6.78. The van der Waals surface area contributed by atoms with Crippen LogP contribution in [0.15, 0.2) is 0 Å². The fourth-order valence-electron chi connectivity index (χ4n) is 1.30. The summed E-state index contributed by atoms with van der Waals surface area (Å²) in [6.07, 6.45) is 0.814. The quantitative estimate of drug-likeness (QED) is 0.657. The number of carbonyl (C=O) groups is 2. The van der Waals surface area contributed by atoms with Crippen LogP contribution in [0.2, 0.25) is 0 Å². The minimum Gasteiger partial charge on any atom is -0.481 e. The van der Waals surface area contributed by atoms with Crippen LogP contribution in [0.5, 0.6) is 0 Å². The summed E-state index contributed by atoms with van der Waals surface area (Å²) in [5.41, 5.74) is 0. The van der Waals surface area contributed by atoms with Crippen molar-refractivity contribution in [3.05, 3.63) is 0 Å². The van der Waals surface area contributed by atoms with Gasteiger partial charge in [0.05, 0.1) is 19.6 Å². The van der Waals surface area contributed by atoms with Crippen molar-refractivity contribution in [2.45, 2.75) is 19.3 Å². The van der Waals surface area contributed by atoms with Crippen LogP contribution in [0.25, 0.3) is 0 Å². The molecule has 0 aromatic heterocycles. The normalized spacial score (nSPS) is 25.0. The molecule has 1 atom stereocenters. The molecule has 0 radical (unpaired) electrons. The van der Waals surface area contributed by atoms with Crippen molar-refractivity contribution in [1.29, 1.82) is 0 Å². The van der Waals surface area contributed by atoms with Crippen molar-refractivity contribution in [3.8, 4) is 0 Å². The van der Waals surface area contributed by atoms with Crippen molar-refractivity contribution < 1.29 is 19.4 Å². The molecule has 0 bridgehead atoms. The summed E-state index contributed by atoms with van der Waals surface area (Å²) in [6, 6.07) is 0. The number of ketones is 1. The second kappa shape index (κ2) is 4.21. The Balaban J connectivity index is 2.41. The number of hydrogen-bond acceptors (Lipinski definition) is 3. The van der Waals surface area contributed by atoms with Gasteiger partial charge in [0.25, 0.3) is 0 Å². The molecule has 0 aromatic carbocycles. The van der Waals surface area contributed by atoms with E-state index in [1.165, 1.54) is 0 Å². The summed E-state index contributed by atoms with van der Waals surface area (Å²) < 4.78 is 5.09. The maximum absolute atomic E-state index is 11.0. The van der Waals surface area contributed by atoms with Crippen LogP contribution in [-0.2, 0) is 14.3 Å². The van der Waals surface area contributed by atoms with Gasteiger partial charge in [0.2, 0.25) is 0 Å². The van der Waals surface area contributed by atoms with E-state index < -0.39 is 5.97 Å². The summed E-state index contributed by atoms with van der Waals surface area (Å²) in [6.45, 7) is 0.840. The molecule has 1 saturated heterocycles. The first-order chi connectivity index (χ1) is 5.68. The molecule has 0 spiro atoms. The molecule has 4 nitrogen and oxygen atoms in total. The van der Waals surface area contributed by atoms with E-state index in [0.717, 1.165) is 0 Å². The molecule has 1 aliphatic heterocycles. The van der Waals surface area contributed by atoms with Gasteiger partial charge in [-0.25, -0.2) is 0 Å². The predicted molar refractivity (Wildman–Crippen MR) is 40.8 cm³/mol. The number of aliphatic carboxylic acids is 1. The summed E-state index contributed by atoms with van der Waals surface area (Å²) in [5, 5.41) is 8.48. The van der Waals surface area contributed by atoms with E-state index in [1.807, 2.05) is 0 Å². The number of Topliss-reactive ketones (excluding diaryl/α,β-unsaturated/α-hetero) is 1. The first-order valence-electron chi connectivity index (χ1n) is 3.99. The summed E-state index contributed by atoms with van der Waals surface area (Å²) in [4.78, 5) is 21.3. The Morgan fingerprint density at radius 2 is 2.42 bits per heavy atom. The highest BCUT2D eigenvalue weighted by Crippen LogP contribution is 2.14. The third-order valence-electron chi connectivity index (χ3n) is 1.86. The maximum atomic E-state index is 11.0. The maximum Gasteiger partial charge on any atom is 0.303 e. The van der Waals surface area contributed by atoms with E-state index in [2.05, 4.69) is 0 Å². The van der Waals surface area contributed by atoms with E-state index in [0.29, 0.717) is 26.1 Å². The third kappa shape index (κ3) is 3.00. The number of carboxylic acids is 1. The van der Waals surface area contributed by atoms with Gasteiger partial charge in [-0.15, -0.1) is 0 Å². The Bertz CT molecular complexity index is 187. The fraction of sp³-hybridized carbons (Fsp3) is 0.750. The second-order valence-electron chi connectivity index (χ2n) is 3.03. The fourth-order valence-corrected chi connectivity index (χ4v) is 1.30. The lowest BCUT2D eigenvalue weighted by atomic mass is 10.00. The number of carbonyl (C=O) groups excluding carboxylic acids is 1. The summed E-state index contributed by atoms with van der Waals surface area (Å²) in [5.74, 6) is -0.880. The number of hydrogen-bond donors (Lipinski definition) is 1. The van der Waals surface area contributed by atoms with E-state index in [-0.39, 0.29) is 18.1 Å². The smallest absolute Gasteiger partial charge is 0.303 e. The van der Waals surface area contributed by atoms with Gasteiger partial charge < -0.3 is 9.84 Å². The highest BCUT2D eigenvalue weighted by Gasteiger charge is 2.20. The van der Waals surface area contributed by atoms with Gasteiger partial charge in [-0.05, 0) is 5.92 Å². The topological polar surface area (TPSA) is 63.6 Å². The molecule has 0 aromatic rings. The monoisotopic (exact) mass is 172 g/mol. The van der Waals surface area contributed by atoms with Crippen molar-refractivity contribution in [2.24, 2.45) is 5.92 Å². The van der Waals surface area contributed by atoms with Crippen molar-refractivity contribution in [3.63, 3.8) is 0 Å². The molecule has 1 fully saturated rings. The zero-order chi connectivity index (χ0) is 8.97. The van der Waals surface area contributed by atoms with E-state index >= 15 is 0 Å². The first kappa shape index (κ1) is 9.19. The predicted octanol–water partition coefficient (Wildman–Crippen LogP) is 0.457. The lowest BCUT2D eigenvalue weighted by Gasteiger charge is -2.08. The van der Waals surface area contributed by atoms with E-state index in [4.69, 9.17) is 9.84 Å². The van der Waals surface area contributed by atoms with Gasteiger partial charge in [0.1, 0.15) is 5.78 Å². The van der Waals surface area contributed by atoms with Gasteiger partial charge >= 0.3 is 5.97 Å². The van der Waals surface area contributed by atoms with Gasteiger partial charge in [-0.1, -0.05) is 0 Å². The van der Waals surface area contributed by atoms with Crippen LogP contribution in [0.3, 0.4) is 0 Å². The Kier molecular flexibility index (Phi) is 3.22. The van der Waals surface area contributed by atoms with Gasteiger partial charge in [-0.2, -0.15) is 0 Å². The summed E-state index contributed by atoms with van der Waals surface area (Å²) in [7, 11) is 0. The number of rotatable bonds is 2. The minimum atomic E-state index is -0.863. The Morgan fingerprint density at radius 1 is 1.67 bits per heavy atom. The average Bonchev–Trinajstić information content (AvgIpc) is 2.12. The molecule has 12 heavy (non-hydrogen) atoms. The standard InChI is InChI=1S/C8H12O4/c9-7-1-2-12-5-6(3-7)4-8(10)11/h6H,1-5H2,(H,10,11). The molecule has 1 rings (SSSR count). The van der Waals surface area contributed by atoms with Crippen LogP contribution in [0.1, 0.15) is 19.3 Å². The summed E-state index contributed by atoms with van der Waals surface area (Å²) >= 11 is 0. The van der Waals surface area contributed by atoms with Crippen molar-refractivity contribution >= 4 is 11.8 Å². The van der Waals surface area contributed by atoms with Crippen molar-refractivity contribution in [1.82, 2.24) is 0 Å². The van der Waals surface area contributed by atoms with E-state index in [9.17, 15) is 9.59 Å². The first-order valence-corrected chi connectivity index (χ1v) is 3.99. The second-order valence-corrected chi connectivity index (χ2v) is 3.03. The highest BCUT2D eigenvalue weighted by atomic mass is 16.5. The molecular weight excluding hydrogens is 160 g/mol. The SMILES string of the molecule is O=C(O)CC1COCCC(=O)C1. The van der Waals surface area contributed by atoms with Gasteiger partial charge in [-0.3, -0.25) is 9.59 Å². The number of ether oxygens (including phenoxy) is 1. The molecule has 4 heteroatoms. The van der Waals surface area contributed by atoms with Crippen LogP contribution in [0.4, 0.5) is 0 Å².